The van der Waals surface area contributed by atoms with Crippen LogP contribution in [-0.4, -0.2) is 44.8 Å². The fourth-order valence-electron chi connectivity index (χ4n) is 3.49. The van der Waals surface area contributed by atoms with Crippen LogP contribution in [0.5, 0.6) is 0 Å². The van der Waals surface area contributed by atoms with Gasteiger partial charge in [-0.25, -0.2) is 9.67 Å². The van der Waals surface area contributed by atoms with Crippen molar-refractivity contribution in [2.45, 2.75) is 58.7 Å². The molecule has 5 nitrogen and oxygen atoms in total. The highest BCUT2D eigenvalue weighted by Gasteiger charge is 2.43. The molecule has 27 heavy (non-hydrogen) atoms. The van der Waals surface area contributed by atoms with Crippen LogP contribution in [0.3, 0.4) is 0 Å². The summed E-state index contributed by atoms with van der Waals surface area (Å²) in [6.45, 7) is 7.93. The summed E-state index contributed by atoms with van der Waals surface area (Å²) in [6.07, 6.45) is -2.27. The van der Waals surface area contributed by atoms with Crippen molar-refractivity contribution in [3.05, 3.63) is 23.5 Å². The lowest BCUT2D eigenvalue weighted by molar-refractivity contribution is -0.184. The average molecular weight is 382 g/mol. The maximum absolute atomic E-state index is 13.1. The SMILES string of the molecule is CC(C)c1cc(C(=O)N2CCC[C@@H](C(F)(F)F)C2)c2cnn(C(C)C)c2n1. The molecule has 3 rings (SSSR count). The number of amides is 1. The minimum Gasteiger partial charge on any atom is -0.338 e. The van der Waals surface area contributed by atoms with E-state index in [1.54, 1.807) is 16.9 Å². The van der Waals surface area contributed by atoms with Crippen molar-refractivity contribution in [3.8, 4) is 0 Å². The van der Waals surface area contributed by atoms with Crippen molar-refractivity contribution in [2.24, 2.45) is 5.92 Å². The number of alkyl halides is 3. The zero-order valence-electron chi connectivity index (χ0n) is 16.0. The van der Waals surface area contributed by atoms with Crippen molar-refractivity contribution >= 4 is 16.9 Å². The van der Waals surface area contributed by atoms with Crippen molar-refractivity contribution < 1.29 is 18.0 Å². The number of hydrogen-bond donors (Lipinski definition) is 0. The molecule has 1 aliphatic rings. The third kappa shape index (κ3) is 3.80. The molecule has 0 saturated carbocycles. The van der Waals surface area contributed by atoms with Crippen LogP contribution in [-0.2, 0) is 0 Å². The zero-order valence-corrected chi connectivity index (χ0v) is 16.0. The van der Waals surface area contributed by atoms with Crippen LogP contribution in [0.15, 0.2) is 12.3 Å². The largest absolute Gasteiger partial charge is 0.393 e. The van der Waals surface area contributed by atoms with Gasteiger partial charge in [-0.15, -0.1) is 0 Å². The first-order valence-corrected chi connectivity index (χ1v) is 9.33. The molecule has 2 aromatic rings. The molecular weight excluding hydrogens is 357 g/mol. The summed E-state index contributed by atoms with van der Waals surface area (Å²) in [5.74, 6) is -1.75. The van der Waals surface area contributed by atoms with Crippen LogP contribution in [0.25, 0.3) is 11.0 Å². The number of hydrogen-bond acceptors (Lipinski definition) is 3. The maximum atomic E-state index is 13.1. The Balaban J connectivity index is 2.03. The van der Waals surface area contributed by atoms with E-state index in [-0.39, 0.29) is 30.8 Å². The molecule has 0 aliphatic carbocycles. The Kier molecular flexibility index (Phi) is 5.18. The summed E-state index contributed by atoms with van der Waals surface area (Å²) in [6, 6.07) is 1.77. The molecule has 0 N–H and O–H groups in total. The number of likely N-dealkylation sites (tertiary alicyclic amines) is 1. The van der Waals surface area contributed by atoms with Crippen LogP contribution in [0, 0.1) is 5.92 Å². The number of halogens is 3. The molecule has 1 saturated heterocycles. The number of carbonyl (C=O) groups is 1. The van der Waals surface area contributed by atoms with Gasteiger partial charge in [0.15, 0.2) is 5.65 Å². The molecule has 0 radical (unpaired) electrons. The van der Waals surface area contributed by atoms with E-state index >= 15 is 0 Å². The molecular formula is C19H25F3N4O. The zero-order chi connectivity index (χ0) is 19.9. The number of aromatic nitrogens is 3. The van der Waals surface area contributed by atoms with Crippen LogP contribution in [0.1, 0.15) is 68.5 Å². The smallest absolute Gasteiger partial charge is 0.338 e. The molecule has 3 heterocycles. The van der Waals surface area contributed by atoms with Crippen molar-refractivity contribution in [1.82, 2.24) is 19.7 Å². The van der Waals surface area contributed by atoms with Gasteiger partial charge in [0.1, 0.15) is 0 Å². The van der Waals surface area contributed by atoms with E-state index in [0.717, 1.165) is 5.69 Å². The number of rotatable bonds is 3. The fourth-order valence-corrected chi connectivity index (χ4v) is 3.49. The Hall–Kier alpha value is -2.12. The van der Waals surface area contributed by atoms with Gasteiger partial charge in [0.05, 0.1) is 23.1 Å². The van der Waals surface area contributed by atoms with Gasteiger partial charge in [-0.2, -0.15) is 18.3 Å². The van der Waals surface area contributed by atoms with Gasteiger partial charge in [0, 0.05) is 24.8 Å². The van der Waals surface area contributed by atoms with E-state index < -0.39 is 12.1 Å². The summed E-state index contributed by atoms with van der Waals surface area (Å²) in [5.41, 5.74) is 1.72. The number of fused-ring (bicyclic) bond motifs is 1. The summed E-state index contributed by atoms with van der Waals surface area (Å²) in [5, 5.41) is 4.93. The van der Waals surface area contributed by atoms with Gasteiger partial charge in [-0.1, -0.05) is 13.8 Å². The van der Waals surface area contributed by atoms with Crippen molar-refractivity contribution in [3.63, 3.8) is 0 Å². The Bertz CT molecular complexity index is 841. The van der Waals surface area contributed by atoms with Crippen LogP contribution in [0.4, 0.5) is 13.2 Å². The molecule has 148 valence electrons. The molecule has 2 aromatic heterocycles. The van der Waals surface area contributed by atoms with E-state index in [0.29, 0.717) is 29.6 Å². The molecule has 8 heteroatoms. The monoisotopic (exact) mass is 382 g/mol. The second-order valence-corrected chi connectivity index (χ2v) is 7.80. The number of nitrogens with zero attached hydrogens (tertiary/aromatic N) is 4. The Morgan fingerprint density at radius 2 is 1.96 bits per heavy atom. The Morgan fingerprint density at radius 3 is 2.56 bits per heavy atom. The third-order valence-corrected chi connectivity index (χ3v) is 5.07. The lowest BCUT2D eigenvalue weighted by Gasteiger charge is -2.34. The molecule has 1 atom stereocenters. The van der Waals surface area contributed by atoms with E-state index in [1.807, 2.05) is 27.7 Å². The number of carbonyl (C=O) groups excluding carboxylic acids is 1. The second kappa shape index (κ2) is 7.13. The second-order valence-electron chi connectivity index (χ2n) is 7.80. The van der Waals surface area contributed by atoms with Crippen molar-refractivity contribution in [1.29, 1.82) is 0 Å². The van der Waals surface area contributed by atoms with Gasteiger partial charge in [0.2, 0.25) is 0 Å². The van der Waals surface area contributed by atoms with Gasteiger partial charge < -0.3 is 4.90 Å². The summed E-state index contributed by atoms with van der Waals surface area (Å²) in [7, 11) is 0. The fraction of sp³-hybridized carbons (Fsp3) is 0.632. The normalized spacial score (nSPS) is 18.7. The number of pyridine rings is 1. The highest BCUT2D eigenvalue weighted by molar-refractivity contribution is 6.05. The summed E-state index contributed by atoms with van der Waals surface area (Å²) >= 11 is 0. The first kappa shape index (κ1) is 19.6. The lowest BCUT2D eigenvalue weighted by Crippen LogP contribution is -2.44. The van der Waals surface area contributed by atoms with E-state index in [9.17, 15) is 18.0 Å². The molecule has 0 aromatic carbocycles. The van der Waals surface area contributed by atoms with Gasteiger partial charge in [0.25, 0.3) is 5.91 Å². The van der Waals surface area contributed by atoms with Gasteiger partial charge in [-0.3, -0.25) is 4.79 Å². The maximum Gasteiger partial charge on any atom is 0.393 e. The van der Waals surface area contributed by atoms with Crippen LogP contribution in [0.2, 0.25) is 0 Å². The predicted octanol–water partition coefficient (Wildman–Crippen LogP) is 4.55. The average Bonchev–Trinajstić information content (AvgIpc) is 3.03. The van der Waals surface area contributed by atoms with Gasteiger partial charge >= 0.3 is 6.18 Å². The quantitative estimate of drug-likeness (QED) is 0.783. The molecule has 0 unspecified atom stereocenters. The highest BCUT2D eigenvalue weighted by atomic mass is 19.4. The molecule has 1 amide bonds. The molecule has 0 spiro atoms. The van der Waals surface area contributed by atoms with E-state index in [2.05, 4.69) is 10.1 Å². The highest BCUT2D eigenvalue weighted by Crippen LogP contribution is 2.34. The third-order valence-electron chi connectivity index (χ3n) is 5.07. The molecule has 1 aliphatic heterocycles. The minimum absolute atomic E-state index is 0.0601. The standard InChI is InChI=1S/C19H25F3N4O/c1-11(2)16-8-14(15-9-23-26(12(3)4)17(15)24-16)18(27)25-7-5-6-13(10-25)19(20,21)22/h8-9,11-13H,5-7,10H2,1-4H3/t13-/m1/s1. The summed E-state index contributed by atoms with van der Waals surface area (Å²) < 4.78 is 41.1. The van der Waals surface area contributed by atoms with Gasteiger partial charge in [-0.05, 0) is 38.7 Å². The van der Waals surface area contributed by atoms with E-state index in [1.165, 1.54) is 4.90 Å². The Labute approximate surface area is 156 Å². The lowest BCUT2D eigenvalue weighted by atomic mass is 9.96. The Morgan fingerprint density at radius 1 is 1.26 bits per heavy atom. The van der Waals surface area contributed by atoms with E-state index in [4.69, 9.17) is 0 Å². The van der Waals surface area contributed by atoms with Crippen LogP contribution < -0.4 is 0 Å². The van der Waals surface area contributed by atoms with Crippen LogP contribution >= 0.6 is 0 Å². The molecule has 0 bridgehead atoms. The van der Waals surface area contributed by atoms with Crippen molar-refractivity contribution in [2.75, 3.05) is 13.1 Å². The first-order valence-electron chi connectivity index (χ1n) is 9.33. The topological polar surface area (TPSA) is 51.0 Å². The summed E-state index contributed by atoms with van der Waals surface area (Å²) in [4.78, 5) is 19.1. The minimum atomic E-state index is -4.28. The molecule has 1 fully saturated rings. The first-order chi connectivity index (χ1) is 12.6. The predicted molar refractivity (Wildman–Crippen MR) is 96.7 cm³/mol. The number of piperidine rings is 1.